The molecule has 160 valence electrons. The Balaban J connectivity index is 2.25. The highest BCUT2D eigenvalue weighted by molar-refractivity contribution is 7.87. The van der Waals surface area contributed by atoms with Crippen molar-refractivity contribution in [2.75, 3.05) is 13.7 Å². The quantitative estimate of drug-likeness (QED) is 0.287. The van der Waals surface area contributed by atoms with Crippen LogP contribution in [-0.2, 0) is 14.9 Å². The molecule has 0 aliphatic heterocycles. The molecule has 1 amide bonds. The zero-order valence-electron chi connectivity index (χ0n) is 16.3. The van der Waals surface area contributed by atoms with Crippen molar-refractivity contribution in [2.24, 2.45) is 5.10 Å². The Bertz CT molecular complexity index is 1080. The number of carbonyl (C=O) groups is 1. The standard InChI is InChI=1S/C18H19N3O8S/c1-4-28-18(22)20-19-11-13-6-8-16(17(9-13)27-3)29-30(25,26)14-7-5-12(2)15(10-14)21(23)24/h5-11H,4H2,1-3H3,(H,20,22). The number of carbonyl (C=O) groups excluding carboxylic acids is 1. The van der Waals surface area contributed by atoms with Gasteiger partial charge in [0.05, 0.1) is 24.9 Å². The van der Waals surface area contributed by atoms with Crippen molar-refractivity contribution in [3.63, 3.8) is 0 Å². The van der Waals surface area contributed by atoms with Crippen LogP contribution in [-0.4, -0.2) is 39.4 Å². The van der Waals surface area contributed by atoms with Gasteiger partial charge < -0.3 is 13.7 Å². The third-order valence-electron chi connectivity index (χ3n) is 3.70. The molecule has 0 aliphatic carbocycles. The number of rotatable bonds is 8. The van der Waals surface area contributed by atoms with Crippen LogP contribution in [0.4, 0.5) is 10.5 Å². The van der Waals surface area contributed by atoms with Gasteiger partial charge in [-0.3, -0.25) is 10.1 Å². The molecule has 1 N–H and O–H groups in total. The molecule has 0 radical (unpaired) electrons. The molecule has 0 fully saturated rings. The van der Waals surface area contributed by atoms with E-state index in [0.29, 0.717) is 11.1 Å². The normalized spacial score (nSPS) is 11.2. The fourth-order valence-corrected chi connectivity index (χ4v) is 3.22. The molecule has 2 aromatic rings. The van der Waals surface area contributed by atoms with Gasteiger partial charge in [-0.2, -0.15) is 13.5 Å². The van der Waals surface area contributed by atoms with E-state index in [9.17, 15) is 23.3 Å². The van der Waals surface area contributed by atoms with E-state index in [2.05, 4.69) is 15.3 Å². The number of amides is 1. The average Bonchev–Trinajstić information content (AvgIpc) is 2.69. The van der Waals surface area contributed by atoms with Gasteiger partial charge in [0.25, 0.3) is 5.69 Å². The van der Waals surface area contributed by atoms with Gasteiger partial charge in [0.1, 0.15) is 4.90 Å². The first-order valence-corrected chi connectivity index (χ1v) is 9.92. The van der Waals surface area contributed by atoms with Crippen molar-refractivity contribution in [3.8, 4) is 11.5 Å². The molecular weight excluding hydrogens is 418 g/mol. The van der Waals surface area contributed by atoms with Crippen LogP contribution >= 0.6 is 0 Å². The maximum absolute atomic E-state index is 12.6. The Kier molecular flexibility index (Phi) is 7.31. The number of nitro benzene ring substituents is 1. The minimum absolute atomic E-state index is 0.0697. The van der Waals surface area contributed by atoms with E-state index in [0.717, 1.165) is 6.07 Å². The predicted octanol–water partition coefficient (Wildman–Crippen LogP) is 2.76. The van der Waals surface area contributed by atoms with Gasteiger partial charge in [-0.1, -0.05) is 6.07 Å². The van der Waals surface area contributed by atoms with Crippen LogP contribution in [0, 0.1) is 17.0 Å². The number of nitrogens with one attached hydrogen (secondary N) is 1. The van der Waals surface area contributed by atoms with Crippen LogP contribution in [0.2, 0.25) is 0 Å². The van der Waals surface area contributed by atoms with Crippen LogP contribution < -0.4 is 14.3 Å². The molecule has 11 nitrogen and oxygen atoms in total. The fraction of sp³-hybridized carbons (Fsp3) is 0.222. The van der Waals surface area contributed by atoms with Gasteiger partial charge in [0.2, 0.25) is 0 Å². The van der Waals surface area contributed by atoms with Crippen molar-refractivity contribution in [1.82, 2.24) is 5.43 Å². The van der Waals surface area contributed by atoms with E-state index in [-0.39, 0.29) is 28.7 Å². The molecule has 0 aliphatic rings. The summed E-state index contributed by atoms with van der Waals surface area (Å²) in [7, 11) is -3.05. The highest BCUT2D eigenvalue weighted by Crippen LogP contribution is 2.31. The van der Waals surface area contributed by atoms with Gasteiger partial charge >= 0.3 is 16.2 Å². The van der Waals surface area contributed by atoms with E-state index >= 15 is 0 Å². The van der Waals surface area contributed by atoms with Crippen molar-refractivity contribution >= 4 is 28.1 Å². The molecule has 0 saturated carbocycles. The van der Waals surface area contributed by atoms with Crippen molar-refractivity contribution in [1.29, 1.82) is 0 Å². The maximum Gasteiger partial charge on any atom is 0.427 e. The van der Waals surface area contributed by atoms with Gasteiger partial charge in [0, 0.05) is 11.6 Å². The van der Waals surface area contributed by atoms with Gasteiger partial charge in [-0.25, -0.2) is 10.2 Å². The number of aryl methyl sites for hydroxylation is 1. The van der Waals surface area contributed by atoms with Crippen molar-refractivity contribution in [2.45, 2.75) is 18.7 Å². The summed E-state index contributed by atoms with van der Waals surface area (Å²) in [5.74, 6) is -0.0588. The van der Waals surface area contributed by atoms with E-state index in [4.69, 9.17) is 8.92 Å². The summed E-state index contributed by atoms with van der Waals surface area (Å²) in [4.78, 5) is 21.2. The molecule has 0 saturated heterocycles. The molecule has 0 heterocycles. The number of nitro groups is 1. The van der Waals surface area contributed by atoms with E-state index in [1.165, 1.54) is 50.6 Å². The first-order chi connectivity index (χ1) is 14.2. The minimum atomic E-state index is -4.36. The summed E-state index contributed by atoms with van der Waals surface area (Å²) in [5, 5.41) is 14.8. The lowest BCUT2D eigenvalue weighted by Gasteiger charge is -2.11. The van der Waals surface area contributed by atoms with Crippen LogP contribution in [0.1, 0.15) is 18.1 Å². The second kappa shape index (κ2) is 9.69. The third-order valence-corrected chi connectivity index (χ3v) is 4.93. The highest BCUT2D eigenvalue weighted by atomic mass is 32.2. The molecule has 30 heavy (non-hydrogen) atoms. The predicted molar refractivity (Wildman–Crippen MR) is 106 cm³/mol. The van der Waals surface area contributed by atoms with Crippen LogP contribution in [0.25, 0.3) is 0 Å². The second-order valence-electron chi connectivity index (χ2n) is 5.74. The Morgan fingerprint density at radius 1 is 1.23 bits per heavy atom. The number of hydrazone groups is 1. The molecule has 0 atom stereocenters. The highest BCUT2D eigenvalue weighted by Gasteiger charge is 2.23. The summed E-state index contributed by atoms with van der Waals surface area (Å²) < 4.78 is 40.0. The zero-order valence-corrected chi connectivity index (χ0v) is 17.1. The van der Waals surface area contributed by atoms with E-state index in [1.807, 2.05) is 0 Å². The van der Waals surface area contributed by atoms with Gasteiger partial charge in [-0.05, 0) is 43.7 Å². The summed E-state index contributed by atoms with van der Waals surface area (Å²) in [6, 6.07) is 7.69. The van der Waals surface area contributed by atoms with Gasteiger partial charge in [0.15, 0.2) is 11.5 Å². The number of benzene rings is 2. The number of hydrogen-bond acceptors (Lipinski definition) is 9. The molecule has 0 aromatic heterocycles. The molecule has 2 aromatic carbocycles. The molecular formula is C18H19N3O8S. The minimum Gasteiger partial charge on any atom is -0.493 e. The van der Waals surface area contributed by atoms with Crippen molar-refractivity contribution in [3.05, 3.63) is 57.6 Å². The lowest BCUT2D eigenvalue weighted by Crippen LogP contribution is -2.18. The number of ether oxygens (including phenoxy) is 2. The monoisotopic (exact) mass is 437 g/mol. The summed E-state index contributed by atoms with van der Waals surface area (Å²) in [5.41, 5.74) is 2.60. The summed E-state index contributed by atoms with van der Waals surface area (Å²) in [6.07, 6.45) is 0.570. The smallest absolute Gasteiger partial charge is 0.427 e. The first-order valence-electron chi connectivity index (χ1n) is 8.51. The van der Waals surface area contributed by atoms with Crippen LogP contribution in [0.3, 0.4) is 0 Å². The summed E-state index contributed by atoms with van der Waals surface area (Å²) >= 11 is 0. The fourth-order valence-electron chi connectivity index (χ4n) is 2.26. The Hall–Kier alpha value is -3.67. The topological polar surface area (TPSA) is 146 Å². The summed E-state index contributed by atoms with van der Waals surface area (Å²) in [6.45, 7) is 3.34. The lowest BCUT2D eigenvalue weighted by molar-refractivity contribution is -0.385. The molecule has 0 bridgehead atoms. The van der Waals surface area contributed by atoms with Crippen molar-refractivity contribution < 1.29 is 31.8 Å². The van der Waals surface area contributed by atoms with Crippen LogP contribution in [0.5, 0.6) is 11.5 Å². The number of methoxy groups -OCH3 is 1. The first kappa shape index (κ1) is 22.6. The Morgan fingerprint density at radius 2 is 1.97 bits per heavy atom. The van der Waals surface area contributed by atoms with Crippen LogP contribution in [0.15, 0.2) is 46.4 Å². The van der Waals surface area contributed by atoms with E-state index < -0.39 is 21.1 Å². The second-order valence-corrected chi connectivity index (χ2v) is 7.29. The third kappa shape index (κ3) is 5.67. The SMILES string of the molecule is CCOC(=O)NN=Cc1ccc(OS(=O)(=O)c2ccc(C)c([N+](=O)[O-])c2)c(OC)c1. The lowest BCUT2D eigenvalue weighted by atomic mass is 10.2. The van der Waals surface area contributed by atoms with E-state index in [1.54, 1.807) is 6.92 Å². The molecule has 0 spiro atoms. The maximum atomic E-state index is 12.6. The zero-order chi connectivity index (χ0) is 22.3. The molecule has 2 rings (SSSR count). The largest absolute Gasteiger partial charge is 0.493 e. The Labute approximate surface area is 172 Å². The molecule has 0 unspecified atom stereocenters. The number of hydrogen-bond donors (Lipinski definition) is 1. The number of nitrogens with zero attached hydrogens (tertiary/aromatic N) is 2. The average molecular weight is 437 g/mol. The molecule has 12 heteroatoms. The Morgan fingerprint density at radius 3 is 2.60 bits per heavy atom. The van der Waals surface area contributed by atoms with Gasteiger partial charge in [-0.15, -0.1) is 0 Å².